The SMILES string of the molecule is O=C1c2ccccc2-c2ccc(F)c(F)c21. The molecule has 0 bridgehead atoms. The zero-order chi connectivity index (χ0) is 11.3. The molecule has 16 heavy (non-hydrogen) atoms. The Labute approximate surface area is 90.3 Å². The summed E-state index contributed by atoms with van der Waals surface area (Å²) in [7, 11) is 0. The van der Waals surface area contributed by atoms with Crippen molar-refractivity contribution >= 4 is 5.78 Å². The van der Waals surface area contributed by atoms with Crippen LogP contribution < -0.4 is 0 Å². The molecule has 78 valence electrons. The van der Waals surface area contributed by atoms with Crippen LogP contribution in [0.3, 0.4) is 0 Å². The lowest BCUT2D eigenvalue weighted by atomic mass is 10.1. The van der Waals surface area contributed by atoms with Gasteiger partial charge >= 0.3 is 0 Å². The summed E-state index contributed by atoms with van der Waals surface area (Å²) >= 11 is 0. The number of ketones is 1. The monoisotopic (exact) mass is 216 g/mol. The smallest absolute Gasteiger partial charge is 0.197 e. The van der Waals surface area contributed by atoms with E-state index in [1.165, 1.54) is 6.07 Å². The van der Waals surface area contributed by atoms with Crippen LogP contribution in [-0.4, -0.2) is 5.78 Å². The van der Waals surface area contributed by atoms with Crippen LogP contribution in [0.2, 0.25) is 0 Å². The summed E-state index contributed by atoms with van der Waals surface area (Å²) in [6.45, 7) is 0. The van der Waals surface area contributed by atoms with Gasteiger partial charge in [0.05, 0.1) is 5.56 Å². The van der Waals surface area contributed by atoms with Crippen molar-refractivity contribution in [3.05, 3.63) is 59.2 Å². The topological polar surface area (TPSA) is 17.1 Å². The van der Waals surface area contributed by atoms with E-state index in [1.54, 1.807) is 24.3 Å². The molecule has 3 heteroatoms. The van der Waals surface area contributed by atoms with Crippen molar-refractivity contribution in [2.45, 2.75) is 0 Å². The van der Waals surface area contributed by atoms with Crippen LogP contribution in [0.5, 0.6) is 0 Å². The quantitative estimate of drug-likeness (QED) is 0.564. The van der Waals surface area contributed by atoms with Gasteiger partial charge in [0, 0.05) is 5.56 Å². The fourth-order valence-electron chi connectivity index (χ4n) is 2.05. The van der Waals surface area contributed by atoms with Gasteiger partial charge in [0.1, 0.15) is 0 Å². The lowest BCUT2D eigenvalue weighted by Crippen LogP contribution is -2.00. The van der Waals surface area contributed by atoms with Gasteiger partial charge in [-0.15, -0.1) is 0 Å². The number of rotatable bonds is 0. The Morgan fingerprint density at radius 1 is 0.812 bits per heavy atom. The highest BCUT2D eigenvalue weighted by Gasteiger charge is 2.30. The van der Waals surface area contributed by atoms with E-state index in [4.69, 9.17) is 0 Å². The number of fused-ring (bicyclic) bond motifs is 3. The molecular formula is C13H6F2O. The molecule has 0 fully saturated rings. The van der Waals surface area contributed by atoms with E-state index in [-0.39, 0.29) is 5.56 Å². The maximum atomic E-state index is 13.5. The molecule has 1 nitrogen and oxygen atoms in total. The average Bonchev–Trinajstić information content (AvgIpc) is 2.59. The van der Waals surface area contributed by atoms with Gasteiger partial charge in [0.2, 0.25) is 0 Å². The molecule has 0 saturated heterocycles. The number of carbonyl (C=O) groups is 1. The van der Waals surface area contributed by atoms with E-state index in [0.717, 1.165) is 6.07 Å². The largest absolute Gasteiger partial charge is 0.288 e. The number of hydrogen-bond donors (Lipinski definition) is 0. The molecular weight excluding hydrogens is 210 g/mol. The highest BCUT2D eigenvalue weighted by atomic mass is 19.2. The first-order valence-corrected chi connectivity index (χ1v) is 4.82. The third kappa shape index (κ3) is 0.999. The van der Waals surface area contributed by atoms with E-state index in [2.05, 4.69) is 0 Å². The van der Waals surface area contributed by atoms with Crippen LogP contribution in [0.4, 0.5) is 8.78 Å². The zero-order valence-electron chi connectivity index (χ0n) is 8.13. The van der Waals surface area contributed by atoms with Crippen molar-refractivity contribution in [2.24, 2.45) is 0 Å². The van der Waals surface area contributed by atoms with E-state index in [0.29, 0.717) is 16.7 Å². The molecule has 0 amide bonds. The normalized spacial score (nSPS) is 12.5. The summed E-state index contributed by atoms with van der Waals surface area (Å²) in [6, 6.07) is 9.31. The molecule has 1 aliphatic rings. The molecule has 0 aromatic heterocycles. The van der Waals surface area contributed by atoms with Crippen molar-refractivity contribution in [3.8, 4) is 11.1 Å². The minimum absolute atomic E-state index is 0.152. The van der Waals surface area contributed by atoms with Crippen molar-refractivity contribution < 1.29 is 13.6 Å². The van der Waals surface area contributed by atoms with Gasteiger partial charge < -0.3 is 0 Å². The van der Waals surface area contributed by atoms with Crippen molar-refractivity contribution in [3.63, 3.8) is 0 Å². The Hall–Kier alpha value is -2.03. The van der Waals surface area contributed by atoms with Gasteiger partial charge in [-0.2, -0.15) is 0 Å². The van der Waals surface area contributed by atoms with Crippen LogP contribution in [-0.2, 0) is 0 Å². The molecule has 0 heterocycles. The Morgan fingerprint density at radius 2 is 1.50 bits per heavy atom. The van der Waals surface area contributed by atoms with Crippen LogP contribution in [0, 0.1) is 11.6 Å². The Morgan fingerprint density at radius 3 is 2.25 bits per heavy atom. The molecule has 0 unspecified atom stereocenters. The Bertz CT molecular complexity index is 617. The fraction of sp³-hybridized carbons (Fsp3) is 0. The molecule has 0 radical (unpaired) electrons. The van der Waals surface area contributed by atoms with Gasteiger partial charge in [-0.1, -0.05) is 30.3 Å². The standard InChI is InChI=1S/C13H6F2O/c14-10-6-5-8-7-3-1-2-4-9(7)13(16)11(8)12(10)15/h1-6H. The highest BCUT2D eigenvalue weighted by molar-refractivity contribution is 6.21. The molecule has 3 rings (SSSR count). The van der Waals surface area contributed by atoms with Gasteiger partial charge in [0.25, 0.3) is 0 Å². The van der Waals surface area contributed by atoms with Crippen LogP contribution in [0.25, 0.3) is 11.1 Å². The maximum Gasteiger partial charge on any atom is 0.197 e. The van der Waals surface area contributed by atoms with E-state index in [9.17, 15) is 13.6 Å². The maximum absolute atomic E-state index is 13.5. The second-order valence-electron chi connectivity index (χ2n) is 3.66. The molecule has 2 aromatic carbocycles. The molecule has 0 saturated carbocycles. The first-order valence-electron chi connectivity index (χ1n) is 4.82. The van der Waals surface area contributed by atoms with Crippen LogP contribution >= 0.6 is 0 Å². The van der Waals surface area contributed by atoms with Crippen LogP contribution in [0.15, 0.2) is 36.4 Å². The second kappa shape index (κ2) is 2.98. The van der Waals surface area contributed by atoms with Gasteiger partial charge in [0.15, 0.2) is 17.4 Å². The summed E-state index contributed by atoms with van der Waals surface area (Å²) in [5.41, 5.74) is 1.42. The molecule has 0 aliphatic heterocycles. The fourth-order valence-corrected chi connectivity index (χ4v) is 2.05. The first kappa shape index (κ1) is 9.21. The number of benzene rings is 2. The van der Waals surface area contributed by atoms with E-state index >= 15 is 0 Å². The van der Waals surface area contributed by atoms with Gasteiger partial charge in [-0.25, -0.2) is 8.78 Å². The van der Waals surface area contributed by atoms with Gasteiger partial charge in [-0.05, 0) is 17.2 Å². The van der Waals surface area contributed by atoms with Gasteiger partial charge in [-0.3, -0.25) is 4.79 Å². The molecule has 1 aliphatic carbocycles. The van der Waals surface area contributed by atoms with E-state index < -0.39 is 17.4 Å². The zero-order valence-corrected chi connectivity index (χ0v) is 8.13. The summed E-state index contributed by atoms with van der Waals surface area (Å²) in [6.07, 6.45) is 0. The second-order valence-corrected chi connectivity index (χ2v) is 3.66. The Balaban J connectivity index is 2.42. The number of halogens is 2. The molecule has 0 N–H and O–H groups in total. The van der Waals surface area contributed by atoms with E-state index in [1.807, 2.05) is 0 Å². The summed E-state index contributed by atoms with van der Waals surface area (Å²) < 4.78 is 26.6. The Kier molecular flexibility index (Phi) is 1.72. The lowest BCUT2D eigenvalue weighted by molar-refractivity contribution is 0.103. The highest BCUT2D eigenvalue weighted by Crippen LogP contribution is 2.38. The number of carbonyl (C=O) groups excluding carboxylic acids is 1. The van der Waals surface area contributed by atoms with Crippen molar-refractivity contribution in [2.75, 3.05) is 0 Å². The lowest BCUT2D eigenvalue weighted by Gasteiger charge is -2.00. The third-order valence-electron chi connectivity index (χ3n) is 2.78. The first-order chi connectivity index (χ1) is 7.70. The van der Waals surface area contributed by atoms with Crippen molar-refractivity contribution in [1.29, 1.82) is 0 Å². The minimum atomic E-state index is -1.06. The van der Waals surface area contributed by atoms with Crippen molar-refractivity contribution in [1.82, 2.24) is 0 Å². The predicted octanol–water partition coefficient (Wildman–Crippen LogP) is 3.18. The predicted molar refractivity (Wildman–Crippen MR) is 55.2 cm³/mol. The minimum Gasteiger partial charge on any atom is -0.288 e. The molecule has 0 spiro atoms. The number of hydrogen-bond acceptors (Lipinski definition) is 1. The molecule has 2 aromatic rings. The summed E-state index contributed by atoms with van der Waals surface area (Å²) in [4.78, 5) is 11.9. The third-order valence-corrected chi connectivity index (χ3v) is 2.78. The van der Waals surface area contributed by atoms with Crippen LogP contribution in [0.1, 0.15) is 15.9 Å². The summed E-state index contributed by atoms with van der Waals surface area (Å²) in [5.74, 6) is -2.48. The summed E-state index contributed by atoms with van der Waals surface area (Å²) in [5, 5.41) is 0. The molecule has 0 atom stereocenters. The average molecular weight is 216 g/mol.